The van der Waals surface area contributed by atoms with Crippen molar-refractivity contribution in [3.05, 3.63) is 34.6 Å². The van der Waals surface area contributed by atoms with Gasteiger partial charge in [0.05, 0.1) is 5.39 Å². The largest absolute Gasteiger partial charge is 0.372 e. The molecule has 78 valence electrons. The summed E-state index contributed by atoms with van der Waals surface area (Å²) in [6.07, 6.45) is -0.484. The van der Waals surface area contributed by atoms with E-state index in [9.17, 15) is 9.90 Å². The second-order valence-corrected chi connectivity index (χ2v) is 3.25. The van der Waals surface area contributed by atoms with Crippen molar-refractivity contribution in [1.29, 1.82) is 0 Å². The number of hydrogen-bond acceptors (Lipinski definition) is 4. The number of aliphatic hydroxyl groups is 1. The van der Waals surface area contributed by atoms with Crippen molar-refractivity contribution < 1.29 is 5.11 Å². The maximum absolute atomic E-state index is 11.8. The molecule has 0 radical (unpaired) electrons. The van der Waals surface area contributed by atoms with Crippen molar-refractivity contribution in [3.63, 3.8) is 0 Å². The van der Waals surface area contributed by atoms with E-state index in [1.807, 2.05) is 0 Å². The van der Waals surface area contributed by atoms with Gasteiger partial charge < -0.3 is 5.11 Å². The van der Waals surface area contributed by atoms with E-state index < -0.39 is 6.23 Å². The molecule has 15 heavy (non-hydrogen) atoms. The molecule has 5 nitrogen and oxygen atoms in total. The van der Waals surface area contributed by atoms with Gasteiger partial charge in [-0.2, -0.15) is 4.68 Å². The van der Waals surface area contributed by atoms with E-state index in [1.165, 1.54) is 0 Å². The summed E-state index contributed by atoms with van der Waals surface area (Å²) in [5.41, 5.74) is 0.233. The van der Waals surface area contributed by atoms with Crippen molar-refractivity contribution in [2.75, 3.05) is 0 Å². The molecular formula is C10H11N3O2. The van der Waals surface area contributed by atoms with Crippen LogP contribution in [0.15, 0.2) is 29.1 Å². The van der Waals surface area contributed by atoms with Crippen LogP contribution in [-0.4, -0.2) is 20.1 Å². The van der Waals surface area contributed by atoms with E-state index in [1.54, 1.807) is 31.2 Å². The molecule has 0 spiro atoms. The topological polar surface area (TPSA) is 68.0 Å². The molecule has 0 saturated heterocycles. The number of aromatic nitrogens is 3. The molecule has 0 fully saturated rings. The lowest BCUT2D eigenvalue weighted by Gasteiger charge is -2.09. The highest BCUT2D eigenvalue weighted by Gasteiger charge is 2.10. The van der Waals surface area contributed by atoms with Crippen LogP contribution in [0.3, 0.4) is 0 Å². The summed E-state index contributed by atoms with van der Waals surface area (Å²) >= 11 is 0. The minimum atomic E-state index is -0.908. The van der Waals surface area contributed by atoms with Gasteiger partial charge in [0.25, 0.3) is 5.56 Å². The molecule has 0 aliphatic carbocycles. The average molecular weight is 205 g/mol. The van der Waals surface area contributed by atoms with Crippen molar-refractivity contribution >= 4 is 10.9 Å². The molecule has 0 aliphatic rings. The third-order valence-electron chi connectivity index (χ3n) is 2.24. The molecule has 1 aromatic carbocycles. The van der Waals surface area contributed by atoms with Crippen LogP contribution in [0.4, 0.5) is 0 Å². The maximum atomic E-state index is 11.8. The van der Waals surface area contributed by atoms with Crippen LogP contribution in [0, 0.1) is 0 Å². The molecule has 1 N–H and O–H groups in total. The van der Waals surface area contributed by atoms with Gasteiger partial charge in [-0.1, -0.05) is 24.3 Å². The predicted molar refractivity (Wildman–Crippen MR) is 55.3 cm³/mol. The van der Waals surface area contributed by atoms with Gasteiger partial charge in [-0.15, -0.1) is 5.10 Å². The minimum Gasteiger partial charge on any atom is -0.372 e. The Bertz CT molecular complexity index is 535. The number of nitrogens with zero attached hydrogens (tertiary/aromatic N) is 3. The van der Waals surface area contributed by atoms with Gasteiger partial charge in [-0.3, -0.25) is 4.79 Å². The number of hydrogen-bond donors (Lipinski definition) is 1. The van der Waals surface area contributed by atoms with Crippen molar-refractivity contribution in [2.45, 2.75) is 19.6 Å². The molecular weight excluding hydrogens is 194 g/mol. The number of rotatable bonds is 2. The van der Waals surface area contributed by atoms with Gasteiger partial charge in [0, 0.05) is 0 Å². The first kappa shape index (κ1) is 9.79. The zero-order valence-corrected chi connectivity index (χ0v) is 8.29. The standard InChI is InChI=1S/C10H11N3O2/c1-2-9(14)13-10(15)7-5-3-4-6-8(7)11-12-13/h3-6,9,14H,2H2,1H3. The van der Waals surface area contributed by atoms with Crippen molar-refractivity contribution in [1.82, 2.24) is 15.0 Å². The van der Waals surface area contributed by atoms with Gasteiger partial charge in [0.1, 0.15) is 5.52 Å². The first-order valence-electron chi connectivity index (χ1n) is 4.76. The monoisotopic (exact) mass is 205 g/mol. The van der Waals surface area contributed by atoms with Crippen LogP contribution >= 0.6 is 0 Å². The van der Waals surface area contributed by atoms with Crippen LogP contribution in [0.5, 0.6) is 0 Å². The predicted octanol–water partition coefficient (Wildman–Crippen LogP) is 0.692. The first-order chi connectivity index (χ1) is 7.24. The quantitative estimate of drug-likeness (QED) is 0.783. The van der Waals surface area contributed by atoms with Crippen molar-refractivity contribution in [2.24, 2.45) is 0 Å². The second kappa shape index (κ2) is 3.78. The molecule has 1 unspecified atom stereocenters. The van der Waals surface area contributed by atoms with Gasteiger partial charge in [0.2, 0.25) is 0 Å². The van der Waals surface area contributed by atoms with E-state index in [0.717, 1.165) is 4.68 Å². The molecule has 0 aliphatic heterocycles. The average Bonchev–Trinajstić information content (AvgIpc) is 2.29. The lowest BCUT2D eigenvalue weighted by molar-refractivity contribution is 0.0789. The summed E-state index contributed by atoms with van der Waals surface area (Å²) in [7, 11) is 0. The van der Waals surface area contributed by atoms with E-state index in [2.05, 4.69) is 10.3 Å². The Morgan fingerprint density at radius 3 is 2.93 bits per heavy atom. The van der Waals surface area contributed by atoms with Crippen LogP contribution in [0.1, 0.15) is 19.6 Å². The van der Waals surface area contributed by atoms with Crippen LogP contribution in [0.25, 0.3) is 10.9 Å². The fraction of sp³-hybridized carbons (Fsp3) is 0.300. The molecule has 1 atom stereocenters. The number of fused-ring (bicyclic) bond motifs is 1. The smallest absolute Gasteiger partial charge is 0.280 e. The Labute approximate surface area is 86.0 Å². The zero-order valence-electron chi connectivity index (χ0n) is 8.29. The van der Waals surface area contributed by atoms with Crippen molar-refractivity contribution in [3.8, 4) is 0 Å². The normalized spacial score (nSPS) is 12.9. The zero-order chi connectivity index (χ0) is 10.8. The first-order valence-corrected chi connectivity index (χ1v) is 4.76. The van der Waals surface area contributed by atoms with Gasteiger partial charge >= 0.3 is 0 Å². The number of benzene rings is 1. The second-order valence-electron chi connectivity index (χ2n) is 3.25. The Hall–Kier alpha value is -1.75. The molecule has 0 bridgehead atoms. The molecule has 1 aromatic heterocycles. The molecule has 0 saturated carbocycles. The lowest BCUT2D eigenvalue weighted by atomic mass is 10.2. The van der Waals surface area contributed by atoms with Crippen LogP contribution < -0.4 is 5.56 Å². The van der Waals surface area contributed by atoms with Crippen LogP contribution in [-0.2, 0) is 0 Å². The summed E-state index contributed by atoms with van der Waals surface area (Å²) in [6, 6.07) is 6.93. The third kappa shape index (κ3) is 1.61. The van der Waals surface area contributed by atoms with Gasteiger partial charge in [-0.25, -0.2) is 0 Å². The SMILES string of the molecule is CCC(O)n1nnc2ccccc2c1=O. The number of aliphatic hydroxyl groups excluding tert-OH is 1. The van der Waals surface area contributed by atoms with E-state index in [-0.39, 0.29) is 5.56 Å². The molecule has 0 amide bonds. The van der Waals surface area contributed by atoms with Gasteiger partial charge in [0.15, 0.2) is 6.23 Å². The summed E-state index contributed by atoms with van der Waals surface area (Å²) in [5, 5.41) is 17.5. The van der Waals surface area contributed by atoms with Crippen LogP contribution in [0.2, 0.25) is 0 Å². The highest BCUT2D eigenvalue weighted by Crippen LogP contribution is 2.06. The van der Waals surface area contributed by atoms with E-state index in [4.69, 9.17) is 0 Å². The third-order valence-corrected chi connectivity index (χ3v) is 2.24. The molecule has 2 aromatic rings. The highest BCUT2D eigenvalue weighted by atomic mass is 16.3. The Morgan fingerprint density at radius 1 is 1.47 bits per heavy atom. The Balaban J connectivity index is 2.71. The summed E-state index contributed by atoms with van der Waals surface area (Å²) in [6.45, 7) is 1.77. The highest BCUT2D eigenvalue weighted by molar-refractivity contribution is 5.76. The van der Waals surface area contributed by atoms with Gasteiger partial charge in [-0.05, 0) is 18.6 Å². The Kier molecular flexibility index (Phi) is 2.47. The summed E-state index contributed by atoms with van der Waals surface area (Å²) in [5.74, 6) is 0. The Morgan fingerprint density at radius 2 is 2.20 bits per heavy atom. The molecule has 2 rings (SSSR count). The summed E-state index contributed by atoms with van der Waals surface area (Å²) < 4.78 is 1.00. The summed E-state index contributed by atoms with van der Waals surface area (Å²) in [4.78, 5) is 11.8. The molecule has 5 heteroatoms. The van der Waals surface area contributed by atoms with E-state index in [0.29, 0.717) is 17.3 Å². The van der Waals surface area contributed by atoms with E-state index >= 15 is 0 Å². The fourth-order valence-corrected chi connectivity index (χ4v) is 1.37. The fourth-order valence-electron chi connectivity index (χ4n) is 1.37. The lowest BCUT2D eigenvalue weighted by Crippen LogP contribution is -2.28. The molecule has 1 heterocycles. The maximum Gasteiger partial charge on any atom is 0.280 e. The minimum absolute atomic E-state index is 0.310.